The number of urea groups is 1. The van der Waals surface area contributed by atoms with E-state index in [2.05, 4.69) is 19.9 Å². The highest BCUT2D eigenvalue weighted by atomic mass is 32.1. The van der Waals surface area contributed by atoms with Gasteiger partial charge in [-0.15, -0.1) is 0 Å². The number of rotatable bonds is 12. The van der Waals surface area contributed by atoms with Gasteiger partial charge in [0, 0.05) is 12.1 Å². The molecule has 3 N–H and O–H groups in total. The Kier molecular flexibility index (Phi) is 9.79. The van der Waals surface area contributed by atoms with E-state index >= 15 is 0 Å². The molecule has 2 amide bonds. The number of aryl methyl sites for hydroxylation is 1. The smallest absolute Gasteiger partial charge is 0.344 e. The van der Waals surface area contributed by atoms with Crippen molar-refractivity contribution >= 4 is 28.5 Å². The number of carboxylic acids is 1. The van der Waals surface area contributed by atoms with Crippen molar-refractivity contribution in [2.45, 2.75) is 39.2 Å². The Morgan fingerprint density at radius 1 is 1.16 bits per heavy atom. The molecule has 0 atom stereocenters. The normalized spacial score (nSPS) is 10.9. The van der Waals surface area contributed by atoms with Crippen LogP contribution in [0.3, 0.4) is 0 Å². The van der Waals surface area contributed by atoms with Crippen LogP contribution in [0.15, 0.2) is 12.1 Å². The minimum Gasteiger partial charge on any atom is -0.477 e. The first-order chi connectivity index (χ1) is 15.2. The highest BCUT2D eigenvalue weighted by Gasteiger charge is 2.24. The first-order valence-electron chi connectivity index (χ1n) is 10.2. The van der Waals surface area contributed by atoms with Crippen molar-refractivity contribution in [3.8, 4) is 5.88 Å². The zero-order valence-electron chi connectivity index (χ0n) is 18.3. The van der Waals surface area contributed by atoms with Crippen LogP contribution >= 0.6 is 11.5 Å². The molecule has 0 aliphatic heterocycles. The maximum atomic E-state index is 14.0. The molecule has 1 heterocycles. The van der Waals surface area contributed by atoms with Crippen molar-refractivity contribution in [2.75, 3.05) is 32.5 Å². The number of nitrogens with one attached hydrogen (secondary N) is 2. The third-order valence-corrected chi connectivity index (χ3v) is 5.36. The molecule has 2 rings (SSSR count). The Morgan fingerprint density at radius 2 is 1.88 bits per heavy atom. The van der Waals surface area contributed by atoms with E-state index in [4.69, 9.17) is 4.74 Å². The maximum absolute atomic E-state index is 14.0. The molecule has 176 valence electrons. The van der Waals surface area contributed by atoms with E-state index in [0.29, 0.717) is 6.54 Å². The molecule has 0 spiro atoms. The molecule has 0 saturated carbocycles. The number of unbranched alkanes of at least 4 members (excludes halogenated alkanes) is 3. The topological polar surface area (TPSA) is 104 Å². The van der Waals surface area contributed by atoms with Gasteiger partial charge in [-0.3, -0.25) is 5.32 Å². The molecule has 0 unspecified atom stereocenters. The van der Waals surface area contributed by atoms with E-state index in [-0.39, 0.29) is 27.6 Å². The number of nitrogens with zero attached hydrogens (tertiary/aromatic N) is 2. The first-order valence-corrected chi connectivity index (χ1v) is 11.0. The largest absolute Gasteiger partial charge is 0.477 e. The van der Waals surface area contributed by atoms with Crippen molar-refractivity contribution in [2.24, 2.45) is 0 Å². The quantitative estimate of drug-likeness (QED) is 0.401. The van der Waals surface area contributed by atoms with Crippen LogP contribution in [-0.4, -0.2) is 53.6 Å². The summed E-state index contributed by atoms with van der Waals surface area (Å²) in [5.41, 5.74) is -0.269. The number of hydrogen-bond acceptors (Lipinski definition) is 6. The lowest BCUT2D eigenvalue weighted by Crippen LogP contribution is -2.29. The van der Waals surface area contributed by atoms with Gasteiger partial charge in [0.05, 0.1) is 0 Å². The second kappa shape index (κ2) is 12.3. The van der Waals surface area contributed by atoms with Crippen LogP contribution in [0.5, 0.6) is 5.88 Å². The summed E-state index contributed by atoms with van der Waals surface area (Å²) in [6, 6.07) is 1.47. The number of halogens is 2. The Bertz CT molecular complexity index is 937. The van der Waals surface area contributed by atoms with Gasteiger partial charge in [0.25, 0.3) is 0 Å². The molecule has 0 fully saturated rings. The van der Waals surface area contributed by atoms with Gasteiger partial charge < -0.3 is 20.1 Å². The Labute approximate surface area is 189 Å². The second-order valence-corrected chi connectivity index (χ2v) is 8.35. The van der Waals surface area contributed by atoms with Gasteiger partial charge in [0.1, 0.15) is 23.2 Å². The number of carboxylic acid groups (broad SMARTS) is 1. The van der Waals surface area contributed by atoms with Gasteiger partial charge in [-0.05, 0) is 69.6 Å². The number of ether oxygens (including phenoxy) is 1. The summed E-state index contributed by atoms with van der Waals surface area (Å²) in [5, 5.41) is 14.6. The number of aromatic carboxylic acids is 1. The van der Waals surface area contributed by atoms with Crippen LogP contribution in [0, 0.1) is 18.6 Å². The number of carbonyl (C=O) groups is 2. The SMILES string of the molecule is Cc1cc(F)c(COc2nsc(NC(=O)NCCCCCCN(C)C)c2C(=O)O)cc1F. The maximum Gasteiger partial charge on any atom is 0.344 e. The van der Waals surface area contributed by atoms with Crippen LogP contribution < -0.4 is 15.4 Å². The fourth-order valence-electron chi connectivity index (χ4n) is 2.85. The number of hydrogen-bond donors (Lipinski definition) is 3. The zero-order chi connectivity index (χ0) is 23.7. The van der Waals surface area contributed by atoms with Crippen LogP contribution in [-0.2, 0) is 6.61 Å². The van der Waals surface area contributed by atoms with E-state index in [1.807, 2.05) is 14.1 Å². The second-order valence-electron chi connectivity index (χ2n) is 7.58. The van der Waals surface area contributed by atoms with Crippen LogP contribution in [0.1, 0.15) is 47.2 Å². The monoisotopic (exact) mass is 470 g/mol. The van der Waals surface area contributed by atoms with Crippen LogP contribution in [0.4, 0.5) is 18.6 Å². The van der Waals surface area contributed by atoms with E-state index in [0.717, 1.165) is 55.9 Å². The van der Waals surface area contributed by atoms with Gasteiger partial charge in [-0.1, -0.05) is 12.8 Å². The van der Waals surface area contributed by atoms with E-state index in [1.165, 1.54) is 6.92 Å². The fourth-order valence-corrected chi connectivity index (χ4v) is 3.57. The third kappa shape index (κ3) is 7.72. The lowest BCUT2D eigenvalue weighted by Gasteiger charge is -2.09. The molecule has 0 bridgehead atoms. The molecular weight excluding hydrogens is 442 g/mol. The van der Waals surface area contributed by atoms with Crippen LogP contribution in [0.2, 0.25) is 0 Å². The van der Waals surface area contributed by atoms with Crippen molar-refractivity contribution in [1.82, 2.24) is 14.6 Å². The van der Waals surface area contributed by atoms with Crippen molar-refractivity contribution in [3.05, 3.63) is 40.5 Å². The minimum absolute atomic E-state index is 0.00783. The van der Waals surface area contributed by atoms with Crippen molar-refractivity contribution < 1.29 is 28.2 Å². The predicted molar refractivity (Wildman–Crippen MR) is 119 cm³/mol. The molecule has 11 heteroatoms. The van der Waals surface area contributed by atoms with Crippen LogP contribution in [0.25, 0.3) is 0 Å². The summed E-state index contributed by atoms with van der Waals surface area (Å²) in [5.74, 6) is -2.91. The molecule has 32 heavy (non-hydrogen) atoms. The summed E-state index contributed by atoms with van der Waals surface area (Å²) >= 11 is 0.731. The minimum atomic E-state index is -1.36. The third-order valence-electron chi connectivity index (χ3n) is 4.61. The number of anilines is 1. The van der Waals surface area contributed by atoms with E-state index < -0.39 is 30.2 Å². The first kappa shape index (κ1) is 25.5. The Hall–Kier alpha value is -2.79. The number of aromatic nitrogens is 1. The molecule has 0 saturated heterocycles. The lowest BCUT2D eigenvalue weighted by atomic mass is 10.1. The predicted octanol–water partition coefficient (Wildman–Crippen LogP) is 4.25. The van der Waals surface area contributed by atoms with Gasteiger partial charge in [0.15, 0.2) is 5.56 Å². The number of carbonyl (C=O) groups excluding carboxylic acids is 1. The molecule has 1 aromatic heterocycles. The fraction of sp³-hybridized carbons (Fsp3) is 0.476. The average molecular weight is 471 g/mol. The summed E-state index contributed by atoms with van der Waals surface area (Å²) in [6.45, 7) is 2.50. The molecule has 0 aliphatic carbocycles. The molecule has 0 radical (unpaired) electrons. The summed E-state index contributed by atoms with van der Waals surface area (Å²) in [7, 11) is 4.04. The van der Waals surface area contributed by atoms with Gasteiger partial charge >= 0.3 is 12.0 Å². The van der Waals surface area contributed by atoms with E-state index in [1.54, 1.807) is 0 Å². The molecular formula is C21H28F2N4O4S. The standard InChI is InChI=1S/C21H28F2N4O4S/c1-13-10-16(23)14(11-15(13)22)12-31-18-17(20(28)29)19(32-26-18)25-21(30)24-8-6-4-5-7-9-27(2)3/h10-11H,4-9,12H2,1-3H3,(H,28,29)(H2,24,25,30). The Balaban J connectivity index is 1.89. The molecule has 1 aromatic carbocycles. The highest BCUT2D eigenvalue weighted by Crippen LogP contribution is 2.31. The van der Waals surface area contributed by atoms with Crippen molar-refractivity contribution in [1.29, 1.82) is 0 Å². The van der Waals surface area contributed by atoms with Gasteiger partial charge in [-0.2, -0.15) is 4.37 Å². The van der Waals surface area contributed by atoms with Crippen molar-refractivity contribution in [3.63, 3.8) is 0 Å². The number of benzene rings is 1. The molecule has 8 nitrogen and oxygen atoms in total. The van der Waals surface area contributed by atoms with Gasteiger partial charge in [0.2, 0.25) is 5.88 Å². The summed E-state index contributed by atoms with van der Waals surface area (Å²) in [4.78, 5) is 25.9. The zero-order valence-corrected chi connectivity index (χ0v) is 19.2. The summed E-state index contributed by atoms with van der Waals surface area (Å²) < 4.78 is 36.9. The van der Waals surface area contributed by atoms with Gasteiger partial charge in [-0.25, -0.2) is 18.4 Å². The Morgan fingerprint density at radius 3 is 2.56 bits per heavy atom. The molecule has 2 aromatic rings. The van der Waals surface area contributed by atoms with E-state index in [9.17, 15) is 23.5 Å². The molecule has 0 aliphatic rings. The highest BCUT2D eigenvalue weighted by molar-refractivity contribution is 7.11. The average Bonchev–Trinajstić information content (AvgIpc) is 3.11. The lowest BCUT2D eigenvalue weighted by molar-refractivity contribution is 0.0693. The summed E-state index contributed by atoms with van der Waals surface area (Å²) in [6.07, 6.45) is 3.93. The number of amides is 2.